The van der Waals surface area contributed by atoms with E-state index in [0.717, 1.165) is 24.1 Å². The van der Waals surface area contributed by atoms with Gasteiger partial charge < -0.3 is 14.6 Å². The lowest BCUT2D eigenvalue weighted by Gasteiger charge is -2.29. The molecule has 1 aliphatic rings. The second-order valence-electron chi connectivity index (χ2n) is 5.62. The van der Waals surface area contributed by atoms with Crippen molar-refractivity contribution in [3.8, 4) is 0 Å². The summed E-state index contributed by atoms with van der Waals surface area (Å²) in [5.41, 5.74) is 1.09. The predicted molar refractivity (Wildman–Crippen MR) is 78.6 cm³/mol. The Hall–Kier alpha value is -1.03. The topological polar surface area (TPSA) is 39.1 Å². The minimum atomic E-state index is 0.619. The second kappa shape index (κ2) is 6.94. The van der Waals surface area contributed by atoms with E-state index in [1.807, 2.05) is 0 Å². The number of nitrogens with zero attached hydrogens (tertiary/aromatic N) is 2. The van der Waals surface area contributed by atoms with Crippen LogP contribution < -0.4 is 5.32 Å². The van der Waals surface area contributed by atoms with E-state index in [4.69, 9.17) is 4.74 Å². The first kappa shape index (κ1) is 14.4. The molecule has 0 saturated heterocycles. The van der Waals surface area contributed by atoms with Gasteiger partial charge in [-0.1, -0.05) is 13.3 Å². The lowest BCUT2D eigenvalue weighted by molar-refractivity contribution is 0.210. The first-order chi connectivity index (χ1) is 9.24. The van der Waals surface area contributed by atoms with E-state index in [0.29, 0.717) is 12.6 Å². The molecular formula is C15H27N3O. The fourth-order valence-electron chi connectivity index (χ4n) is 3.02. The van der Waals surface area contributed by atoms with Crippen molar-refractivity contribution in [2.75, 3.05) is 25.6 Å². The highest BCUT2D eigenvalue weighted by Gasteiger charge is 2.23. The van der Waals surface area contributed by atoms with Crippen molar-refractivity contribution in [2.45, 2.75) is 52.0 Å². The number of anilines is 1. The van der Waals surface area contributed by atoms with Crippen LogP contribution in [0.4, 0.5) is 5.95 Å². The van der Waals surface area contributed by atoms with Crippen LogP contribution in [0.25, 0.3) is 0 Å². The largest absolute Gasteiger partial charge is 0.383 e. The van der Waals surface area contributed by atoms with Crippen molar-refractivity contribution >= 4 is 5.95 Å². The Morgan fingerprint density at radius 1 is 1.37 bits per heavy atom. The molecule has 108 valence electrons. The molecule has 1 aromatic rings. The van der Waals surface area contributed by atoms with Crippen LogP contribution in [0, 0.1) is 12.8 Å². The monoisotopic (exact) mass is 265 g/mol. The van der Waals surface area contributed by atoms with Gasteiger partial charge >= 0.3 is 0 Å². The number of aromatic nitrogens is 2. The lowest BCUT2D eigenvalue weighted by atomic mass is 9.84. The van der Waals surface area contributed by atoms with Gasteiger partial charge in [0.2, 0.25) is 5.95 Å². The van der Waals surface area contributed by atoms with Crippen molar-refractivity contribution in [2.24, 2.45) is 5.92 Å². The number of aryl methyl sites for hydroxylation is 1. The molecule has 0 unspecified atom stereocenters. The molecule has 1 heterocycles. The van der Waals surface area contributed by atoms with Gasteiger partial charge in [-0.3, -0.25) is 0 Å². The highest BCUT2D eigenvalue weighted by Crippen LogP contribution is 2.35. The van der Waals surface area contributed by atoms with Crippen LogP contribution in [0.15, 0.2) is 6.20 Å². The number of rotatable bonds is 6. The van der Waals surface area contributed by atoms with Gasteiger partial charge in [-0.25, -0.2) is 4.98 Å². The zero-order chi connectivity index (χ0) is 13.7. The Kier molecular flexibility index (Phi) is 5.25. The molecule has 2 rings (SSSR count). The Morgan fingerprint density at radius 3 is 2.74 bits per heavy atom. The molecule has 0 aliphatic heterocycles. The fraction of sp³-hybridized carbons (Fsp3) is 0.800. The first-order valence-electron chi connectivity index (χ1n) is 7.52. The molecule has 0 radical (unpaired) electrons. The molecule has 4 heteroatoms. The van der Waals surface area contributed by atoms with Crippen molar-refractivity contribution < 1.29 is 4.74 Å². The lowest BCUT2D eigenvalue weighted by Crippen LogP contribution is -2.20. The number of nitrogens with one attached hydrogen (secondary N) is 1. The molecular weight excluding hydrogens is 238 g/mol. The standard InChI is InChI=1S/C15H27N3O/c1-4-13-5-7-14(8-6-13)18-11-12(2)17-15(18)16-9-10-19-3/h11,13-14H,4-10H2,1-3H3,(H,16,17). The van der Waals surface area contributed by atoms with Crippen LogP contribution in [0.3, 0.4) is 0 Å². The fourth-order valence-corrected chi connectivity index (χ4v) is 3.02. The Balaban J connectivity index is 1.99. The second-order valence-corrected chi connectivity index (χ2v) is 5.62. The highest BCUT2D eigenvalue weighted by molar-refractivity contribution is 5.29. The summed E-state index contributed by atoms with van der Waals surface area (Å²) in [4.78, 5) is 4.59. The summed E-state index contributed by atoms with van der Waals surface area (Å²) in [5, 5.41) is 3.38. The average molecular weight is 265 g/mol. The van der Waals surface area contributed by atoms with Crippen molar-refractivity contribution in [1.82, 2.24) is 9.55 Å². The molecule has 1 saturated carbocycles. The van der Waals surface area contributed by atoms with Gasteiger partial charge in [-0.2, -0.15) is 0 Å². The quantitative estimate of drug-likeness (QED) is 0.801. The SMILES string of the molecule is CCC1CCC(n2cc(C)nc2NCCOC)CC1. The van der Waals surface area contributed by atoms with E-state index in [1.54, 1.807) is 7.11 Å². The predicted octanol–water partition coefficient (Wildman–Crippen LogP) is 3.39. The van der Waals surface area contributed by atoms with Gasteiger partial charge in [0.05, 0.1) is 12.3 Å². The van der Waals surface area contributed by atoms with Crippen LogP contribution in [0.5, 0.6) is 0 Å². The van der Waals surface area contributed by atoms with Crippen molar-refractivity contribution in [3.63, 3.8) is 0 Å². The number of hydrogen-bond donors (Lipinski definition) is 1. The summed E-state index contributed by atoms with van der Waals surface area (Å²) in [6.07, 6.45) is 8.80. The van der Waals surface area contributed by atoms with Crippen LogP contribution in [-0.2, 0) is 4.74 Å². The molecule has 0 spiro atoms. The smallest absolute Gasteiger partial charge is 0.203 e. The molecule has 1 aliphatic carbocycles. The third kappa shape index (κ3) is 3.72. The maximum Gasteiger partial charge on any atom is 0.203 e. The van der Waals surface area contributed by atoms with Crippen molar-refractivity contribution in [1.29, 1.82) is 0 Å². The van der Waals surface area contributed by atoms with Gasteiger partial charge in [0, 0.05) is 25.9 Å². The van der Waals surface area contributed by atoms with E-state index >= 15 is 0 Å². The maximum atomic E-state index is 5.08. The normalized spacial score (nSPS) is 23.5. The summed E-state index contributed by atoms with van der Waals surface area (Å²) < 4.78 is 7.43. The Morgan fingerprint density at radius 2 is 2.11 bits per heavy atom. The van der Waals surface area contributed by atoms with Gasteiger partial charge in [0.1, 0.15) is 0 Å². The van der Waals surface area contributed by atoms with Crippen LogP contribution in [-0.4, -0.2) is 29.8 Å². The molecule has 0 aromatic carbocycles. The third-order valence-corrected chi connectivity index (χ3v) is 4.23. The summed E-state index contributed by atoms with van der Waals surface area (Å²) in [6.45, 7) is 5.91. The number of imidazole rings is 1. The van der Waals surface area contributed by atoms with Crippen molar-refractivity contribution in [3.05, 3.63) is 11.9 Å². The first-order valence-corrected chi connectivity index (χ1v) is 7.52. The summed E-state index contributed by atoms with van der Waals surface area (Å²) in [5.74, 6) is 1.94. The minimum Gasteiger partial charge on any atom is -0.383 e. The van der Waals surface area contributed by atoms with E-state index < -0.39 is 0 Å². The zero-order valence-electron chi connectivity index (χ0n) is 12.5. The summed E-state index contributed by atoms with van der Waals surface area (Å²) in [6, 6.07) is 0.619. The van der Waals surface area contributed by atoms with Gasteiger partial charge in [-0.15, -0.1) is 0 Å². The molecule has 1 fully saturated rings. The van der Waals surface area contributed by atoms with Crippen LogP contribution in [0.2, 0.25) is 0 Å². The summed E-state index contributed by atoms with van der Waals surface area (Å²) in [7, 11) is 1.73. The van der Waals surface area contributed by atoms with E-state index in [2.05, 4.69) is 34.9 Å². The number of hydrogen-bond acceptors (Lipinski definition) is 3. The third-order valence-electron chi connectivity index (χ3n) is 4.23. The number of ether oxygens (including phenoxy) is 1. The van der Waals surface area contributed by atoms with Gasteiger partial charge in [-0.05, 0) is 38.5 Å². The highest BCUT2D eigenvalue weighted by atomic mass is 16.5. The number of methoxy groups -OCH3 is 1. The van der Waals surface area contributed by atoms with E-state index in [9.17, 15) is 0 Å². The molecule has 19 heavy (non-hydrogen) atoms. The summed E-state index contributed by atoms with van der Waals surface area (Å²) >= 11 is 0. The average Bonchev–Trinajstić information content (AvgIpc) is 2.80. The minimum absolute atomic E-state index is 0.619. The zero-order valence-corrected chi connectivity index (χ0v) is 12.5. The van der Waals surface area contributed by atoms with E-state index in [1.165, 1.54) is 32.1 Å². The van der Waals surface area contributed by atoms with Crippen LogP contribution >= 0.6 is 0 Å². The van der Waals surface area contributed by atoms with Gasteiger partial charge in [0.25, 0.3) is 0 Å². The molecule has 0 bridgehead atoms. The molecule has 0 atom stereocenters. The molecule has 1 aromatic heterocycles. The molecule has 4 nitrogen and oxygen atoms in total. The molecule has 0 amide bonds. The Bertz CT molecular complexity index is 381. The van der Waals surface area contributed by atoms with E-state index in [-0.39, 0.29) is 0 Å². The Labute approximate surface area is 116 Å². The maximum absolute atomic E-state index is 5.08. The van der Waals surface area contributed by atoms with Crippen LogP contribution in [0.1, 0.15) is 50.8 Å². The molecule has 1 N–H and O–H groups in total. The van der Waals surface area contributed by atoms with Gasteiger partial charge in [0.15, 0.2) is 0 Å².